The van der Waals surface area contributed by atoms with E-state index in [2.05, 4.69) is 45.3 Å². The zero-order chi connectivity index (χ0) is 13.7. The molecule has 1 aromatic heterocycles. The minimum absolute atomic E-state index is 0.0335. The second-order valence-corrected chi connectivity index (χ2v) is 7.59. The van der Waals surface area contributed by atoms with E-state index in [1.807, 2.05) is 0 Å². The standard InChI is InChI=1S/C15H19N3OSe/c1-15(2)13(9-5-4-8-19-14(9)15)16-10-6-3-7-11-12(10)18-20-17-11/h3,6-7,9,13-14,16H,4-5,8H2,1-2H3. The third-order valence-electron chi connectivity index (χ3n) is 4.93. The Morgan fingerprint density at radius 2 is 2.25 bits per heavy atom. The van der Waals surface area contributed by atoms with Crippen molar-refractivity contribution in [3.8, 4) is 0 Å². The average Bonchev–Trinajstić information content (AvgIpc) is 2.94. The number of hydrogen-bond donors (Lipinski definition) is 1. The van der Waals surface area contributed by atoms with Gasteiger partial charge in [-0.2, -0.15) is 0 Å². The molecule has 5 heteroatoms. The van der Waals surface area contributed by atoms with Gasteiger partial charge in [-0.1, -0.05) is 0 Å². The van der Waals surface area contributed by atoms with Crippen molar-refractivity contribution in [2.75, 3.05) is 11.9 Å². The number of ether oxygens (including phenoxy) is 1. The van der Waals surface area contributed by atoms with Crippen molar-refractivity contribution in [1.29, 1.82) is 0 Å². The Bertz CT molecular complexity index is 639. The molecule has 2 fully saturated rings. The maximum atomic E-state index is 5.97. The summed E-state index contributed by atoms with van der Waals surface area (Å²) in [5.74, 6) is 0.637. The zero-order valence-corrected chi connectivity index (χ0v) is 13.5. The molecule has 1 aliphatic carbocycles. The Kier molecular flexibility index (Phi) is 2.92. The predicted molar refractivity (Wildman–Crippen MR) is 80.1 cm³/mol. The van der Waals surface area contributed by atoms with Crippen LogP contribution >= 0.6 is 0 Å². The summed E-state index contributed by atoms with van der Waals surface area (Å²) in [6, 6.07) is 6.73. The van der Waals surface area contributed by atoms with E-state index in [4.69, 9.17) is 4.74 Å². The molecule has 4 rings (SSSR count). The van der Waals surface area contributed by atoms with E-state index in [1.165, 1.54) is 12.8 Å². The summed E-state index contributed by atoms with van der Waals surface area (Å²) in [4.78, 5) is 0. The molecule has 2 aliphatic rings. The monoisotopic (exact) mass is 337 g/mol. The molecule has 0 amide bonds. The average molecular weight is 336 g/mol. The van der Waals surface area contributed by atoms with Crippen LogP contribution in [0.5, 0.6) is 0 Å². The Hall–Kier alpha value is -0.901. The first-order valence-electron chi connectivity index (χ1n) is 7.27. The predicted octanol–water partition coefficient (Wildman–Crippen LogP) is 2.30. The number of fused-ring (bicyclic) bond motifs is 2. The number of anilines is 1. The Morgan fingerprint density at radius 3 is 3.15 bits per heavy atom. The van der Waals surface area contributed by atoms with E-state index in [0.717, 1.165) is 23.3 Å². The van der Waals surface area contributed by atoms with Gasteiger partial charge in [-0.05, 0) is 0 Å². The van der Waals surface area contributed by atoms with Crippen LogP contribution in [-0.2, 0) is 4.74 Å². The second-order valence-electron chi connectivity index (χ2n) is 6.48. The van der Waals surface area contributed by atoms with Crippen LogP contribution in [0.3, 0.4) is 0 Å². The number of nitrogens with one attached hydrogen (secondary N) is 1. The van der Waals surface area contributed by atoms with Crippen molar-refractivity contribution in [3.63, 3.8) is 0 Å². The van der Waals surface area contributed by atoms with E-state index in [1.54, 1.807) is 0 Å². The second kappa shape index (κ2) is 4.55. The Balaban J connectivity index is 1.64. The summed E-state index contributed by atoms with van der Waals surface area (Å²) < 4.78 is 15.0. The number of hydrogen-bond acceptors (Lipinski definition) is 4. The summed E-state index contributed by atoms with van der Waals surface area (Å²) in [6.07, 6.45) is 2.87. The molecule has 0 bridgehead atoms. The molecule has 0 spiro atoms. The third-order valence-corrected chi connectivity index (χ3v) is 6.07. The maximum absolute atomic E-state index is 5.97. The number of benzene rings is 1. The van der Waals surface area contributed by atoms with E-state index < -0.39 is 0 Å². The Morgan fingerprint density at radius 1 is 1.35 bits per heavy atom. The fourth-order valence-corrected chi connectivity index (χ4v) is 5.06. The molecule has 106 valence electrons. The van der Waals surface area contributed by atoms with Gasteiger partial charge >= 0.3 is 125 Å². The van der Waals surface area contributed by atoms with Gasteiger partial charge in [-0.25, -0.2) is 0 Å². The minimum atomic E-state index is 0.0335. The van der Waals surface area contributed by atoms with Crippen molar-refractivity contribution in [3.05, 3.63) is 18.2 Å². The van der Waals surface area contributed by atoms with Gasteiger partial charge in [0.15, 0.2) is 0 Å². The van der Waals surface area contributed by atoms with Gasteiger partial charge in [-0.15, -0.1) is 0 Å². The van der Waals surface area contributed by atoms with Crippen LogP contribution in [0.2, 0.25) is 0 Å². The van der Waals surface area contributed by atoms with Crippen molar-refractivity contribution in [2.24, 2.45) is 11.3 Å². The molecule has 1 N–H and O–H groups in total. The number of nitrogens with zero attached hydrogens (tertiary/aromatic N) is 2. The SMILES string of the molecule is CC1(C)C(Nc2cccc3n[se]nc23)C2CCCOC21. The van der Waals surface area contributed by atoms with Gasteiger partial charge in [0.05, 0.1) is 0 Å². The van der Waals surface area contributed by atoms with E-state index in [-0.39, 0.29) is 20.4 Å². The van der Waals surface area contributed by atoms with Gasteiger partial charge in [0.2, 0.25) is 0 Å². The summed E-state index contributed by atoms with van der Waals surface area (Å²) in [5.41, 5.74) is 3.44. The van der Waals surface area contributed by atoms with Crippen LogP contribution < -0.4 is 5.32 Å². The molecule has 3 atom stereocenters. The van der Waals surface area contributed by atoms with Crippen molar-refractivity contribution < 1.29 is 4.74 Å². The quantitative estimate of drug-likeness (QED) is 0.855. The summed E-state index contributed by atoms with van der Waals surface area (Å²) in [5, 5.41) is 3.74. The molecule has 3 unspecified atom stereocenters. The van der Waals surface area contributed by atoms with E-state index in [0.29, 0.717) is 18.1 Å². The van der Waals surface area contributed by atoms with Crippen LogP contribution in [0, 0.1) is 11.3 Å². The third kappa shape index (κ3) is 1.77. The molecule has 4 nitrogen and oxygen atoms in total. The summed E-state index contributed by atoms with van der Waals surface area (Å²) >= 11 is 0.0335. The van der Waals surface area contributed by atoms with Crippen molar-refractivity contribution >= 4 is 31.7 Å². The normalized spacial score (nSPS) is 31.6. The molecule has 0 radical (unpaired) electrons. The van der Waals surface area contributed by atoms with Crippen LogP contribution in [0.4, 0.5) is 5.69 Å². The van der Waals surface area contributed by atoms with Gasteiger partial charge in [0, 0.05) is 0 Å². The van der Waals surface area contributed by atoms with Crippen LogP contribution in [0.15, 0.2) is 18.2 Å². The molecule has 1 aliphatic heterocycles. The fourth-order valence-electron chi connectivity index (χ4n) is 3.91. The first-order chi connectivity index (χ1) is 9.68. The zero-order valence-electron chi connectivity index (χ0n) is 11.8. The van der Waals surface area contributed by atoms with Crippen LogP contribution in [0.1, 0.15) is 26.7 Å². The molecule has 2 heterocycles. The van der Waals surface area contributed by atoms with Crippen LogP contribution in [-0.4, -0.2) is 41.7 Å². The van der Waals surface area contributed by atoms with Gasteiger partial charge in [0.25, 0.3) is 0 Å². The molecular formula is C15H19N3OSe. The topological polar surface area (TPSA) is 47.0 Å². The first-order valence-corrected chi connectivity index (χ1v) is 8.80. The summed E-state index contributed by atoms with van der Waals surface area (Å²) in [7, 11) is 0. The molecule has 1 saturated carbocycles. The van der Waals surface area contributed by atoms with Gasteiger partial charge < -0.3 is 0 Å². The molecule has 1 aromatic carbocycles. The van der Waals surface area contributed by atoms with Crippen LogP contribution in [0.25, 0.3) is 11.0 Å². The molecular weight excluding hydrogens is 317 g/mol. The first kappa shape index (κ1) is 12.8. The van der Waals surface area contributed by atoms with Gasteiger partial charge in [0.1, 0.15) is 0 Å². The summed E-state index contributed by atoms with van der Waals surface area (Å²) in [6.45, 7) is 5.55. The van der Waals surface area contributed by atoms with Gasteiger partial charge in [-0.3, -0.25) is 0 Å². The van der Waals surface area contributed by atoms with E-state index >= 15 is 0 Å². The molecule has 2 aromatic rings. The van der Waals surface area contributed by atoms with Crippen molar-refractivity contribution in [1.82, 2.24) is 7.96 Å². The molecule has 20 heavy (non-hydrogen) atoms. The van der Waals surface area contributed by atoms with E-state index in [9.17, 15) is 0 Å². The number of aromatic nitrogens is 2. The fraction of sp³-hybridized carbons (Fsp3) is 0.600. The Labute approximate surface area is 125 Å². The van der Waals surface area contributed by atoms with Crippen molar-refractivity contribution in [2.45, 2.75) is 38.8 Å². The number of rotatable bonds is 2. The molecule has 1 saturated heterocycles.